The van der Waals surface area contributed by atoms with Crippen molar-refractivity contribution in [3.8, 4) is 0 Å². The van der Waals surface area contributed by atoms with Crippen molar-refractivity contribution < 1.29 is 4.79 Å². The van der Waals surface area contributed by atoms with Crippen LogP contribution in [0.25, 0.3) is 0 Å². The topological polar surface area (TPSA) is 44.4 Å². The third kappa shape index (κ3) is 4.18. The highest BCUT2D eigenvalue weighted by atomic mass is 16.1. The van der Waals surface area contributed by atoms with Crippen LogP contribution in [0.5, 0.6) is 0 Å². The molecule has 0 saturated carbocycles. The van der Waals surface area contributed by atoms with Gasteiger partial charge >= 0.3 is 0 Å². The van der Waals surface area contributed by atoms with Gasteiger partial charge < -0.3 is 15.5 Å². The first-order valence-electron chi connectivity index (χ1n) is 5.77. The van der Waals surface area contributed by atoms with Crippen LogP contribution in [0.1, 0.15) is 26.2 Å². The normalized spacial score (nSPS) is 26.7. The van der Waals surface area contributed by atoms with E-state index >= 15 is 0 Å². The van der Waals surface area contributed by atoms with Crippen LogP contribution in [-0.4, -0.2) is 50.1 Å². The predicted octanol–water partition coefficient (Wildman–Crippen LogP) is 0.195. The Kier molecular flexibility index (Phi) is 5.05. The maximum Gasteiger partial charge on any atom is 0.221 e. The van der Waals surface area contributed by atoms with Gasteiger partial charge in [0.25, 0.3) is 0 Å². The van der Waals surface area contributed by atoms with Crippen LogP contribution in [0.4, 0.5) is 0 Å². The highest BCUT2D eigenvalue weighted by Gasteiger charge is 2.20. The summed E-state index contributed by atoms with van der Waals surface area (Å²) < 4.78 is 0. The van der Waals surface area contributed by atoms with E-state index in [-0.39, 0.29) is 5.91 Å². The number of nitrogens with zero attached hydrogens (tertiary/aromatic N) is 1. The zero-order chi connectivity index (χ0) is 11.3. The standard InChI is InChI=1S/C11H23N3O/c1-9-4-5-10(8-13-9)14(3)7-6-11(15)12-2/h9-10,13H,4-8H2,1-3H3,(H,12,15). The Labute approximate surface area is 92.4 Å². The molecular weight excluding hydrogens is 190 g/mol. The van der Waals surface area contributed by atoms with Crippen molar-refractivity contribution in [2.75, 3.05) is 27.2 Å². The fourth-order valence-corrected chi connectivity index (χ4v) is 1.95. The first kappa shape index (κ1) is 12.5. The van der Waals surface area contributed by atoms with Gasteiger partial charge in [0.05, 0.1) is 0 Å². The van der Waals surface area contributed by atoms with Gasteiger partial charge in [0, 0.05) is 38.6 Å². The summed E-state index contributed by atoms with van der Waals surface area (Å²) in [6.45, 7) is 4.12. The van der Waals surface area contributed by atoms with Gasteiger partial charge in [-0.1, -0.05) is 0 Å². The monoisotopic (exact) mass is 213 g/mol. The molecule has 0 radical (unpaired) electrons. The number of amides is 1. The first-order chi connectivity index (χ1) is 7.13. The molecule has 4 heteroatoms. The summed E-state index contributed by atoms with van der Waals surface area (Å²) in [4.78, 5) is 13.4. The lowest BCUT2D eigenvalue weighted by molar-refractivity contribution is -0.121. The molecule has 0 bridgehead atoms. The third-order valence-electron chi connectivity index (χ3n) is 3.23. The predicted molar refractivity (Wildman–Crippen MR) is 61.8 cm³/mol. The molecule has 1 aliphatic rings. The molecular formula is C11H23N3O. The van der Waals surface area contributed by atoms with E-state index < -0.39 is 0 Å². The fourth-order valence-electron chi connectivity index (χ4n) is 1.95. The minimum absolute atomic E-state index is 0.124. The highest BCUT2D eigenvalue weighted by Crippen LogP contribution is 2.12. The van der Waals surface area contributed by atoms with Crippen molar-refractivity contribution in [1.82, 2.24) is 15.5 Å². The molecule has 1 fully saturated rings. The summed E-state index contributed by atoms with van der Waals surface area (Å²) >= 11 is 0. The van der Waals surface area contributed by atoms with Crippen LogP contribution < -0.4 is 10.6 Å². The summed E-state index contributed by atoms with van der Waals surface area (Å²) in [5.74, 6) is 0.124. The van der Waals surface area contributed by atoms with Crippen molar-refractivity contribution >= 4 is 5.91 Å². The van der Waals surface area contributed by atoms with Gasteiger partial charge in [0.1, 0.15) is 0 Å². The summed E-state index contributed by atoms with van der Waals surface area (Å²) in [5, 5.41) is 6.12. The van der Waals surface area contributed by atoms with E-state index in [1.54, 1.807) is 7.05 Å². The lowest BCUT2D eigenvalue weighted by Gasteiger charge is -2.34. The molecule has 0 spiro atoms. The molecule has 1 amide bonds. The van der Waals surface area contributed by atoms with Crippen LogP contribution >= 0.6 is 0 Å². The van der Waals surface area contributed by atoms with Gasteiger partial charge in [-0.3, -0.25) is 4.79 Å². The quantitative estimate of drug-likeness (QED) is 0.701. The average molecular weight is 213 g/mol. The maximum absolute atomic E-state index is 11.1. The average Bonchev–Trinajstić information content (AvgIpc) is 2.26. The van der Waals surface area contributed by atoms with E-state index in [2.05, 4.69) is 29.5 Å². The molecule has 2 atom stereocenters. The molecule has 15 heavy (non-hydrogen) atoms. The van der Waals surface area contributed by atoms with E-state index in [0.717, 1.165) is 13.1 Å². The van der Waals surface area contributed by atoms with Gasteiger partial charge in [0.2, 0.25) is 5.91 Å². The van der Waals surface area contributed by atoms with Crippen LogP contribution in [0.2, 0.25) is 0 Å². The molecule has 0 aliphatic carbocycles. The summed E-state index contributed by atoms with van der Waals surface area (Å²) in [6, 6.07) is 1.24. The van der Waals surface area contributed by atoms with Gasteiger partial charge in [-0.15, -0.1) is 0 Å². The van der Waals surface area contributed by atoms with E-state index in [1.807, 2.05) is 0 Å². The number of nitrogens with one attached hydrogen (secondary N) is 2. The number of hydrogen-bond acceptors (Lipinski definition) is 3. The molecule has 2 N–H and O–H groups in total. The Bertz CT molecular complexity index is 200. The van der Waals surface area contributed by atoms with E-state index in [1.165, 1.54) is 12.8 Å². The molecule has 0 aromatic carbocycles. The Morgan fingerprint density at radius 3 is 2.80 bits per heavy atom. The SMILES string of the molecule is CNC(=O)CCN(C)C1CCC(C)NC1. The van der Waals surface area contributed by atoms with Gasteiger partial charge in [-0.05, 0) is 26.8 Å². The van der Waals surface area contributed by atoms with Crippen molar-refractivity contribution in [3.05, 3.63) is 0 Å². The second-order valence-corrected chi connectivity index (χ2v) is 4.44. The Morgan fingerprint density at radius 1 is 1.53 bits per heavy atom. The van der Waals surface area contributed by atoms with Gasteiger partial charge in [-0.25, -0.2) is 0 Å². The number of carbonyl (C=O) groups excluding carboxylic acids is 1. The molecule has 0 aromatic rings. The van der Waals surface area contributed by atoms with Gasteiger partial charge in [0.15, 0.2) is 0 Å². The van der Waals surface area contributed by atoms with Crippen LogP contribution in [-0.2, 0) is 4.79 Å². The zero-order valence-corrected chi connectivity index (χ0v) is 10.0. The lowest BCUT2D eigenvalue weighted by atomic mass is 10.0. The lowest BCUT2D eigenvalue weighted by Crippen LogP contribution is -2.48. The van der Waals surface area contributed by atoms with Crippen LogP contribution in [0, 0.1) is 0 Å². The zero-order valence-electron chi connectivity index (χ0n) is 10.0. The van der Waals surface area contributed by atoms with Crippen molar-refractivity contribution in [2.45, 2.75) is 38.3 Å². The molecule has 0 aromatic heterocycles. The molecule has 88 valence electrons. The van der Waals surface area contributed by atoms with Crippen molar-refractivity contribution in [3.63, 3.8) is 0 Å². The molecule has 4 nitrogen and oxygen atoms in total. The third-order valence-corrected chi connectivity index (χ3v) is 3.23. The second-order valence-electron chi connectivity index (χ2n) is 4.44. The Morgan fingerprint density at radius 2 is 2.27 bits per heavy atom. The largest absolute Gasteiger partial charge is 0.359 e. The van der Waals surface area contributed by atoms with Crippen LogP contribution in [0.15, 0.2) is 0 Å². The minimum Gasteiger partial charge on any atom is -0.359 e. The molecule has 1 heterocycles. The summed E-state index contributed by atoms with van der Waals surface area (Å²) in [6.07, 6.45) is 3.06. The summed E-state index contributed by atoms with van der Waals surface area (Å²) in [5.41, 5.74) is 0. The molecule has 1 aliphatic heterocycles. The van der Waals surface area contributed by atoms with Gasteiger partial charge in [-0.2, -0.15) is 0 Å². The highest BCUT2D eigenvalue weighted by molar-refractivity contribution is 5.75. The number of hydrogen-bond donors (Lipinski definition) is 2. The number of rotatable bonds is 4. The number of piperidine rings is 1. The number of likely N-dealkylation sites (N-methyl/N-ethyl adjacent to an activating group) is 1. The molecule has 1 saturated heterocycles. The van der Waals surface area contributed by atoms with Crippen molar-refractivity contribution in [2.24, 2.45) is 0 Å². The summed E-state index contributed by atoms with van der Waals surface area (Å²) in [7, 11) is 3.79. The first-order valence-corrected chi connectivity index (χ1v) is 5.77. The van der Waals surface area contributed by atoms with E-state index in [0.29, 0.717) is 18.5 Å². The van der Waals surface area contributed by atoms with E-state index in [9.17, 15) is 4.79 Å². The minimum atomic E-state index is 0.124. The number of carbonyl (C=O) groups is 1. The van der Waals surface area contributed by atoms with Crippen LogP contribution in [0.3, 0.4) is 0 Å². The Balaban J connectivity index is 2.22. The molecule has 2 unspecified atom stereocenters. The Hall–Kier alpha value is -0.610. The van der Waals surface area contributed by atoms with E-state index in [4.69, 9.17) is 0 Å². The smallest absolute Gasteiger partial charge is 0.221 e. The fraction of sp³-hybridized carbons (Fsp3) is 0.909. The second kappa shape index (κ2) is 6.08. The van der Waals surface area contributed by atoms with Crippen molar-refractivity contribution in [1.29, 1.82) is 0 Å². The maximum atomic E-state index is 11.1. The molecule has 1 rings (SSSR count).